The van der Waals surface area contributed by atoms with E-state index in [9.17, 15) is 24.5 Å². The number of anilines is 2. The fraction of sp³-hybridized carbons (Fsp3) is 0.412. The van der Waals surface area contributed by atoms with Crippen LogP contribution in [0.15, 0.2) is 53.6 Å². The van der Waals surface area contributed by atoms with Crippen molar-refractivity contribution in [1.82, 2.24) is 14.4 Å². The van der Waals surface area contributed by atoms with Gasteiger partial charge in [-0.25, -0.2) is 4.39 Å². The Morgan fingerprint density at radius 2 is 1.87 bits per heavy atom. The first-order valence-corrected chi connectivity index (χ1v) is 15.7. The van der Waals surface area contributed by atoms with Gasteiger partial charge in [-0.1, -0.05) is 42.4 Å². The molecule has 2 aromatic carbocycles. The molecular weight excluding hydrogens is 593 g/mol. The monoisotopic (exact) mass is 627 g/mol. The highest BCUT2D eigenvalue weighted by atomic mass is 35.5. The fourth-order valence-electron chi connectivity index (χ4n) is 7.33. The van der Waals surface area contributed by atoms with Crippen molar-refractivity contribution in [2.24, 2.45) is 0 Å². The molecule has 9 nitrogen and oxygen atoms in total. The maximum atomic E-state index is 14.3. The molecule has 3 aliphatic heterocycles. The first-order chi connectivity index (χ1) is 21.7. The standard InChI is InChI=1S/C34H35ClFN7O2/c1-22(36)33(44)42-17-16-41(19-25(42)11-13-37)32-26-12-15-40(29-10-4-7-23-6-3-9-28(35)31(23)29)21-30(26)43(34(45)27(32)18-38)20-24-8-5-14-39(24)2/h3-4,6-7,9-10,24-25H,1,5,8,11-12,14-17,19-21H2,2H3. The minimum Gasteiger partial charge on any atom is -0.366 e. The zero-order valence-corrected chi connectivity index (χ0v) is 26.1. The highest BCUT2D eigenvalue weighted by Gasteiger charge is 2.37. The third kappa shape index (κ3) is 5.54. The second-order valence-electron chi connectivity index (χ2n) is 12.1. The number of nitriles is 2. The van der Waals surface area contributed by atoms with Crippen LogP contribution in [0.4, 0.5) is 15.8 Å². The Morgan fingerprint density at radius 1 is 1.09 bits per heavy atom. The van der Waals surface area contributed by atoms with Gasteiger partial charge in [0.15, 0.2) is 5.83 Å². The second kappa shape index (κ2) is 12.5. The van der Waals surface area contributed by atoms with Crippen LogP contribution >= 0.6 is 11.6 Å². The maximum Gasteiger partial charge on any atom is 0.282 e. The van der Waals surface area contributed by atoms with Gasteiger partial charge in [0.25, 0.3) is 11.5 Å². The van der Waals surface area contributed by atoms with E-state index in [1.165, 1.54) is 4.90 Å². The van der Waals surface area contributed by atoms with E-state index in [4.69, 9.17) is 11.6 Å². The third-order valence-electron chi connectivity index (χ3n) is 9.60. The quantitative estimate of drug-likeness (QED) is 0.369. The predicted octanol–water partition coefficient (Wildman–Crippen LogP) is 4.60. The molecule has 3 aliphatic rings. The third-order valence-corrected chi connectivity index (χ3v) is 9.91. The van der Waals surface area contributed by atoms with E-state index in [1.54, 1.807) is 0 Å². The molecule has 1 aromatic heterocycles. The van der Waals surface area contributed by atoms with E-state index in [1.807, 2.05) is 39.8 Å². The highest BCUT2D eigenvalue weighted by Crippen LogP contribution is 2.38. The number of rotatable bonds is 6. The highest BCUT2D eigenvalue weighted by molar-refractivity contribution is 6.36. The molecule has 0 bridgehead atoms. The van der Waals surface area contributed by atoms with Gasteiger partial charge >= 0.3 is 0 Å². The molecule has 45 heavy (non-hydrogen) atoms. The summed E-state index contributed by atoms with van der Waals surface area (Å²) in [5.41, 5.74) is 3.08. The number of halogens is 2. The largest absolute Gasteiger partial charge is 0.366 e. The summed E-state index contributed by atoms with van der Waals surface area (Å²) in [7, 11) is 2.07. The van der Waals surface area contributed by atoms with Crippen molar-refractivity contribution in [2.75, 3.05) is 49.6 Å². The van der Waals surface area contributed by atoms with Crippen molar-refractivity contribution < 1.29 is 9.18 Å². The Hall–Kier alpha value is -4.38. The lowest BCUT2D eigenvalue weighted by atomic mass is 9.95. The van der Waals surface area contributed by atoms with Crippen molar-refractivity contribution in [3.63, 3.8) is 0 Å². The number of benzene rings is 2. The molecule has 3 aromatic rings. The molecule has 11 heteroatoms. The lowest BCUT2D eigenvalue weighted by Crippen LogP contribution is -2.56. The van der Waals surface area contributed by atoms with E-state index in [-0.39, 0.29) is 36.7 Å². The smallest absolute Gasteiger partial charge is 0.282 e. The number of fused-ring (bicyclic) bond motifs is 2. The molecule has 2 fully saturated rings. The van der Waals surface area contributed by atoms with Crippen LogP contribution in [0.3, 0.4) is 0 Å². The summed E-state index contributed by atoms with van der Waals surface area (Å²) >= 11 is 6.72. The van der Waals surface area contributed by atoms with Crippen molar-refractivity contribution in [1.29, 1.82) is 10.5 Å². The summed E-state index contributed by atoms with van der Waals surface area (Å²) < 4.78 is 15.7. The molecule has 1 amide bonds. The molecule has 2 saturated heterocycles. The fourth-order valence-corrected chi connectivity index (χ4v) is 7.61. The Kier molecular flexibility index (Phi) is 8.54. The van der Waals surface area contributed by atoms with Crippen molar-refractivity contribution >= 4 is 39.7 Å². The lowest BCUT2D eigenvalue weighted by Gasteiger charge is -2.43. The zero-order chi connectivity index (χ0) is 31.8. The van der Waals surface area contributed by atoms with Crippen LogP contribution in [-0.2, 0) is 24.3 Å². The number of carbonyl (C=O) groups excluding carboxylic acids is 1. The van der Waals surface area contributed by atoms with Crippen LogP contribution in [0, 0.1) is 22.7 Å². The van der Waals surface area contributed by atoms with E-state index >= 15 is 0 Å². The van der Waals surface area contributed by atoms with Crippen LogP contribution < -0.4 is 15.4 Å². The Morgan fingerprint density at radius 3 is 2.56 bits per heavy atom. The van der Waals surface area contributed by atoms with E-state index in [2.05, 4.69) is 41.6 Å². The Balaban J connectivity index is 1.47. The molecule has 2 atom stereocenters. The van der Waals surface area contributed by atoms with E-state index in [0.29, 0.717) is 43.3 Å². The number of likely N-dealkylation sites (N-methyl/N-ethyl adjacent to an activating group) is 1. The van der Waals surface area contributed by atoms with Gasteiger partial charge in [0.1, 0.15) is 11.6 Å². The number of piperazine rings is 1. The number of nitrogens with zero attached hydrogens (tertiary/aromatic N) is 7. The average molecular weight is 628 g/mol. The van der Waals surface area contributed by atoms with Crippen molar-refractivity contribution in [3.05, 3.63) is 81.0 Å². The van der Waals surface area contributed by atoms with Crippen LogP contribution in [0.1, 0.15) is 36.1 Å². The lowest BCUT2D eigenvalue weighted by molar-refractivity contribution is -0.131. The second-order valence-corrected chi connectivity index (χ2v) is 12.5. The summed E-state index contributed by atoms with van der Waals surface area (Å²) in [6.45, 7) is 6.31. The van der Waals surface area contributed by atoms with Crippen molar-refractivity contribution in [3.8, 4) is 12.1 Å². The van der Waals surface area contributed by atoms with Crippen LogP contribution in [0.2, 0.25) is 5.02 Å². The number of hydrogen-bond acceptors (Lipinski definition) is 7. The normalized spacial score (nSPS) is 20.2. The molecule has 0 N–H and O–H groups in total. The number of hydrogen-bond donors (Lipinski definition) is 0. The van der Waals surface area contributed by atoms with Crippen LogP contribution in [0.5, 0.6) is 0 Å². The van der Waals surface area contributed by atoms with E-state index in [0.717, 1.165) is 47.1 Å². The number of aromatic nitrogens is 1. The molecule has 0 saturated carbocycles. The average Bonchev–Trinajstić information content (AvgIpc) is 3.45. The zero-order valence-electron chi connectivity index (χ0n) is 25.3. The summed E-state index contributed by atoms with van der Waals surface area (Å²) in [5, 5.41) is 22.6. The SMILES string of the molecule is C=C(F)C(=O)N1CCN(c2c3c(n(CC4CCCN4C)c(=O)c2C#N)CN(c2cccc4cccc(Cl)c24)CC3)CC1CC#N. The minimum atomic E-state index is -1.07. The number of pyridine rings is 1. The number of carbonyl (C=O) groups is 1. The van der Waals surface area contributed by atoms with Gasteiger partial charge in [0.05, 0.1) is 35.8 Å². The van der Waals surface area contributed by atoms with Gasteiger partial charge in [-0.15, -0.1) is 0 Å². The summed E-state index contributed by atoms with van der Waals surface area (Å²) in [5.74, 6) is -1.91. The Bertz CT molecular complexity index is 1820. The van der Waals surface area contributed by atoms with Gasteiger partial charge in [0, 0.05) is 61.1 Å². The summed E-state index contributed by atoms with van der Waals surface area (Å²) in [4.78, 5) is 34.7. The summed E-state index contributed by atoms with van der Waals surface area (Å²) in [6.07, 6.45) is 2.58. The van der Waals surface area contributed by atoms with Crippen LogP contribution in [0.25, 0.3) is 10.8 Å². The molecular formula is C34H35ClFN7O2. The molecule has 232 valence electrons. The van der Waals surface area contributed by atoms with Crippen molar-refractivity contribution in [2.45, 2.75) is 50.9 Å². The molecule has 6 rings (SSSR count). The molecule has 4 heterocycles. The first kappa shape index (κ1) is 30.6. The van der Waals surface area contributed by atoms with Gasteiger partial charge < -0.3 is 24.2 Å². The first-order valence-electron chi connectivity index (χ1n) is 15.3. The van der Waals surface area contributed by atoms with Crippen LogP contribution in [-0.4, -0.2) is 72.1 Å². The topological polar surface area (TPSA) is 99.6 Å². The van der Waals surface area contributed by atoms with Gasteiger partial charge in [-0.05, 0) is 50.4 Å². The molecule has 2 unspecified atom stereocenters. The van der Waals surface area contributed by atoms with Gasteiger partial charge in [-0.3, -0.25) is 9.59 Å². The number of likely N-dealkylation sites (tertiary alicyclic amines) is 1. The molecule has 0 radical (unpaired) electrons. The minimum absolute atomic E-state index is 0.0136. The molecule has 0 spiro atoms. The maximum absolute atomic E-state index is 14.3. The Labute approximate surface area is 266 Å². The van der Waals surface area contributed by atoms with E-state index < -0.39 is 17.8 Å². The molecule has 0 aliphatic carbocycles. The predicted molar refractivity (Wildman–Crippen MR) is 173 cm³/mol. The summed E-state index contributed by atoms with van der Waals surface area (Å²) in [6, 6.07) is 15.8. The number of amides is 1. The van der Waals surface area contributed by atoms with Gasteiger partial charge in [-0.2, -0.15) is 10.5 Å². The van der Waals surface area contributed by atoms with Gasteiger partial charge in [0.2, 0.25) is 0 Å².